The zero-order valence-corrected chi connectivity index (χ0v) is 8.50. The third kappa shape index (κ3) is 1.07. The first-order valence-electron chi connectivity index (χ1n) is 4.88. The predicted molar refractivity (Wildman–Crippen MR) is 54.9 cm³/mol. The number of fused-ring (bicyclic) bond motifs is 1. The number of ketones is 1. The average Bonchev–Trinajstić information content (AvgIpc) is 2.16. The summed E-state index contributed by atoms with van der Waals surface area (Å²) in [6.07, 6.45) is 6.65. The Morgan fingerprint density at radius 3 is 2.93 bits per heavy atom. The van der Waals surface area contributed by atoms with Gasteiger partial charge in [0.25, 0.3) is 0 Å². The molecule has 0 aromatic heterocycles. The summed E-state index contributed by atoms with van der Waals surface area (Å²) in [6, 6.07) is 0. The number of aliphatic hydroxyl groups is 1. The minimum Gasteiger partial charge on any atom is -0.512 e. The first kappa shape index (κ1) is 9.25. The van der Waals surface area contributed by atoms with Gasteiger partial charge in [0.2, 0.25) is 0 Å². The highest BCUT2D eigenvalue weighted by molar-refractivity contribution is 5.99. The molecule has 2 aliphatic carbocycles. The molecule has 0 spiro atoms. The minimum atomic E-state index is -0.398. The lowest BCUT2D eigenvalue weighted by Crippen LogP contribution is -2.33. The van der Waals surface area contributed by atoms with Crippen molar-refractivity contribution >= 4 is 5.78 Å². The highest BCUT2D eigenvalue weighted by atomic mass is 16.3. The molecule has 1 unspecified atom stereocenters. The highest BCUT2D eigenvalue weighted by Crippen LogP contribution is 2.45. The Labute approximate surface area is 83.6 Å². The minimum absolute atomic E-state index is 0.154. The van der Waals surface area contributed by atoms with Gasteiger partial charge >= 0.3 is 0 Å². The Morgan fingerprint density at radius 1 is 1.50 bits per heavy atom. The molecule has 0 bridgehead atoms. The van der Waals surface area contributed by atoms with E-state index in [1.54, 1.807) is 12.2 Å². The number of hydrogen-bond donors (Lipinski definition) is 1. The van der Waals surface area contributed by atoms with Gasteiger partial charge in [-0.05, 0) is 37.5 Å². The molecule has 1 N–H and O–H groups in total. The van der Waals surface area contributed by atoms with Gasteiger partial charge in [0, 0.05) is 6.42 Å². The molecule has 2 nitrogen and oxygen atoms in total. The maximum absolute atomic E-state index is 11.8. The standard InChI is InChI=1S/C12H14O2/c1-8-9-4-3-5-11(14)12(9,2)7-6-10(8)13/h3-5,13H,6-7H2,1-2H3. The Hall–Kier alpha value is -1.31. The Kier molecular flexibility index (Phi) is 1.88. The van der Waals surface area contributed by atoms with Crippen molar-refractivity contribution in [3.8, 4) is 0 Å². The van der Waals surface area contributed by atoms with Gasteiger partial charge in [-0.2, -0.15) is 0 Å². The van der Waals surface area contributed by atoms with Crippen LogP contribution in [0.3, 0.4) is 0 Å². The highest BCUT2D eigenvalue weighted by Gasteiger charge is 2.40. The first-order chi connectivity index (χ1) is 6.55. The van der Waals surface area contributed by atoms with E-state index in [-0.39, 0.29) is 5.78 Å². The smallest absolute Gasteiger partial charge is 0.165 e. The maximum atomic E-state index is 11.8. The molecule has 0 heterocycles. The van der Waals surface area contributed by atoms with E-state index in [1.807, 2.05) is 19.9 Å². The molecule has 0 saturated heterocycles. The van der Waals surface area contributed by atoms with E-state index in [9.17, 15) is 9.90 Å². The molecule has 2 heteroatoms. The summed E-state index contributed by atoms with van der Waals surface area (Å²) in [7, 11) is 0. The summed E-state index contributed by atoms with van der Waals surface area (Å²) in [6.45, 7) is 3.84. The van der Waals surface area contributed by atoms with Gasteiger partial charge in [-0.1, -0.05) is 12.2 Å². The summed E-state index contributed by atoms with van der Waals surface area (Å²) in [5.41, 5.74) is 1.45. The van der Waals surface area contributed by atoms with Crippen LogP contribution in [0.2, 0.25) is 0 Å². The van der Waals surface area contributed by atoms with Crippen molar-refractivity contribution in [3.63, 3.8) is 0 Å². The number of hydrogen-bond acceptors (Lipinski definition) is 2. The van der Waals surface area contributed by atoms with Crippen LogP contribution in [0.1, 0.15) is 26.7 Å². The lowest BCUT2D eigenvalue weighted by atomic mass is 9.66. The molecule has 74 valence electrons. The van der Waals surface area contributed by atoms with Gasteiger partial charge in [0.1, 0.15) is 0 Å². The first-order valence-corrected chi connectivity index (χ1v) is 4.88. The largest absolute Gasteiger partial charge is 0.512 e. The Balaban J connectivity index is 2.57. The van der Waals surface area contributed by atoms with Crippen LogP contribution in [0.4, 0.5) is 0 Å². The van der Waals surface area contributed by atoms with Crippen LogP contribution in [0.25, 0.3) is 0 Å². The quantitative estimate of drug-likeness (QED) is 0.637. The fraction of sp³-hybridized carbons (Fsp3) is 0.417. The monoisotopic (exact) mass is 190 g/mol. The second-order valence-corrected chi connectivity index (χ2v) is 4.21. The van der Waals surface area contributed by atoms with Crippen molar-refractivity contribution in [2.45, 2.75) is 26.7 Å². The summed E-state index contributed by atoms with van der Waals surface area (Å²) in [4.78, 5) is 11.8. The van der Waals surface area contributed by atoms with Gasteiger partial charge in [-0.15, -0.1) is 0 Å². The van der Waals surface area contributed by atoms with Gasteiger partial charge in [0.05, 0.1) is 11.2 Å². The molecule has 0 aliphatic heterocycles. The molecule has 0 aromatic rings. The van der Waals surface area contributed by atoms with Crippen LogP contribution in [-0.4, -0.2) is 10.9 Å². The van der Waals surface area contributed by atoms with Gasteiger partial charge < -0.3 is 5.11 Å². The second-order valence-electron chi connectivity index (χ2n) is 4.21. The average molecular weight is 190 g/mol. The fourth-order valence-corrected chi connectivity index (χ4v) is 2.24. The van der Waals surface area contributed by atoms with Crippen LogP contribution in [0.15, 0.2) is 35.1 Å². The molecule has 0 saturated carbocycles. The molecule has 2 rings (SSSR count). The predicted octanol–water partition coefficient (Wildman–Crippen LogP) is 2.68. The van der Waals surface area contributed by atoms with Gasteiger partial charge in [-0.3, -0.25) is 4.79 Å². The lowest BCUT2D eigenvalue weighted by Gasteiger charge is -2.36. The zero-order valence-electron chi connectivity index (χ0n) is 8.50. The molecule has 0 amide bonds. The molecular formula is C12H14O2. The van der Waals surface area contributed by atoms with Crippen molar-refractivity contribution in [2.24, 2.45) is 5.41 Å². The van der Waals surface area contributed by atoms with Crippen LogP contribution >= 0.6 is 0 Å². The number of carbonyl (C=O) groups excluding carboxylic acids is 1. The van der Waals surface area contributed by atoms with Crippen LogP contribution in [0.5, 0.6) is 0 Å². The summed E-state index contributed by atoms with van der Waals surface area (Å²) >= 11 is 0. The summed E-state index contributed by atoms with van der Waals surface area (Å²) in [5.74, 6) is 0.582. The second kappa shape index (κ2) is 2.84. The number of aliphatic hydroxyl groups excluding tert-OH is 1. The summed E-state index contributed by atoms with van der Waals surface area (Å²) in [5, 5.41) is 9.62. The topological polar surface area (TPSA) is 37.3 Å². The lowest BCUT2D eigenvalue weighted by molar-refractivity contribution is -0.121. The van der Waals surface area contributed by atoms with Crippen LogP contribution in [0, 0.1) is 5.41 Å². The SMILES string of the molecule is CC1=C(O)CCC2(C)C(=O)C=CC=C12. The van der Waals surface area contributed by atoms with Crippen molar-refractivity contribution < 1.29 is 9.90 Å². The van der Waals surface area contributed by atoms with E-state index in [0.29, 0.717) is 18.6 Å². The van der Waals surface area contributed by atoms with E-state index in [2.05, 4.69) is 0 Å². The van der Waals surface area contributed by atoms with Crippen LogP contribution in [-0.2, 0) is 4.79 Å². The normalized spacial score (nSPS) is 31.6. The molecular weight excluding hydrogens is 176 g/mol. The number of rotatable bonds is 0. The van der Waals surface area contributed by atoms with Crippen molar-refractivity contribution in [1.29, 1.82) is 0 Å². The Bertz CT molecular complexity index is 385. The Morgan fingerprint density at radius 2 is 2.21 bits per heavy atom. The van der Waals surface area contributed by atoms with E-state index in [0.717, 1.165) is 11.1 Å². The fourth-order valence-electron chi connectivity index (χ4n) is 2.24. The molecule has 2 aliphatic rings. The zero-order chi connectivity index (χ0) is 10.3. The molecule has 14 heavy (non-hydrogen) atoms. The van der Waals surface area contributed by atoms with E-state index in [1.165, 1.54) is 0 Å². The molecule has 0 aromatic carbocycles. The van der Waals surface area contributed by atoms with E-state index >= 15 is 0 Å². The van der Waals surface area contributed by atoms with Crippen LogP contribution < -0.4 is 0 Å². The third-order valence-electron chi connectivity index (χ3n) is 3.35. The molecule has 0 radical (unpaired) electrons. The van der Waals surface area contributed by atoms with Crippen molar-refractivity contribution in [2.75, 3.05) is 0 Å². The third-order valence-corrected chi connectivity index (χ3v) is 3.35. The van der Waals surface area contributed by atoms with Gasteiger partial charge in [0.15, 0.2) is 5.78 Å². The van der Waals surface area contributed by atoms with E-state index in [4.69, 9.17) is 0 Å². The molecule has 0 fully saturated rings. The van der Waals surface area contributed by atoms with E-state index < -0.39 is 5.41 Å². The molecule has 1 atom stereocenters. The maximum Gasteiger partial charge on any atom is 0.165 e. The van der Waals surface area contributed by atoms with Gasteiger partial charge in [-0.25, -0.2) is 0 Å². The van der Waals surface area contributed by atoms with Crippen molar-refractivity contribution in [1.82, 2.24) is 0 Å². The summed E-state index contributed by atoms with van der Waals surface area (Å²) < 4.78 is 0. The number of carbonyl (C=O) groups is 1. The van der Waals surface area contributed by atoms with Crippen molar-refractivity contribution in [3.05, 3.63) is 35.1 Å². The number of allylic oxidation sites excluding steroid dienone is 6.